The van der Waals surface area contributed by atoms with Gasteiger partial charge in [0.1, 0.15) is 10.6 Å². The number of esters is 1. The highest BCUT2D eigenvalue weighted by Crippen LogP contribution is 2.21. The van der Waals surface area contributed by atoms with Crippen LogP contribution in [-0.2, 0) is 24.5 Å². The van der Waals surface area contributed by atoms with Gasteiger partial charge in [-0.25, -0.2) is 14.4 Å². The summed E-state index contributed by atoms with van der Waals surface area (Å²) in [4.78, 5) is 30.4. The summed E-state index contributed by atoms with van der Waals surface area (Å²) in [5.74, 6) is 0.406. The van der Waals surface area contributed by atoms with Crippen molar-refractivity contribution in [3.63, 3.8) is 0 Å². The minimum Gasteiger partial charge on any atom is -0.496 e. The summed E-state index contributed by atoms with van der Waals surface area (Å²) in [5.41, 5.74) is 0. The van der Waals surface area contributed by atoms with Crippen molar-refractivity contribution in [2.75, 3.05) is 7.11 Å². The molecule has 0 fully saturated rings. The standard InChI is InChI=1S/C9H12O3S.C2N2O4S/c1-6(2)12-9(10)8-4-7(11-3)5-13-8;5-1-3-9(7,8)4-2-6/h4-6H,1-3H3;. The molecule has 0 aliphatic rings. The SMILES string of the molecule is COc1csc(C(=O)OC(C)C)c1.O=C=NS(=O)(=O)N=C=O. The second-order valence-electron chi connectivity index (χ2n) is 3.62. The fourth-order valence-corrected chi connectivity index (χ4v) is 1.88. The molecule has 0 amide bonds. The van der Waals surface area contributed by atoms with Gasteiger partial charge in [-0.05, 0) is 13.8 Å². The largest absolute Gasteiger partial charge is 0.496 e. The molecule has 9 nitrogen and oxygen atoms in total. The summed E-state index contributed by atoms with van der Waals surface area (Å²) < 4.78 is 34.3. The van der Waals surface area contributed by atoms with E-state index in [4.69, 9.17) is 9.47 Å². The summed E-state index contributed by atoms with van der Waals surface area (Å²) in [5, 5.41) is 1.77. The Labute approximate surface area is 130 Å². The topological polar surface area (TPSA) is 129 Å². The molecule has 0 spiro atoms. The number of ether oxygens (including phenoxy) is 2. The lowest BCUT2D eigenvalue weighted by Crippen LogP contribution is -2.09. The Morgan fingerprint density at radius 1 is 1.27 bits per heavy atom. The normalized spacial score (nSPS) is 9.64. The zero-order valence-corrected chi connectivity index (χ0v) is 13.4. The third kappa shape index (κ3) is 8.08. The van der Waals surface area contributed by atoms with Crippen molar-refractivity contribution >= 4 is 39.7 Å². The fourth-order valence-electron chi connectivity index (χ4n) is 0.920. The zero-order chi connectivity index (χ0) is 17.2. The predicted molar refractivity (Wildman–Crippen MR) is 76.6 cm³/mol. The van der Waals surface area contributed by atoms with E-state index in [-0.39, 0.29) is 12.1 Å². The van der Waals surface area contributed by atoms with E-state index in [0.29, 0.717) is 22.8 Å². The molecule has 0 aliphatic carbocycles. The van der Waals surface area contributed by atoms with Gasteiger partial charge in [-0.3, -0.25) is 0 Å². The highest BCUT2D eigenvalue weighted by Gasteiger charge is 2.11. The van der Waals surface area contributed by atoms with Gasteiger partial charge in [0.15, 0.2) is 0 Å². The molecule has 11 heteroatoms. The minimum atomic E-state index is -4.28. The number of carbonyl (C=O) groups excluding carboxylic acids is 3. The second-order valence-corrected chi connectivity index (χ2v) is 5.79. The molecular formula is C11H12N2O7S2. The lowest BCUT2D eigenvalue weighted by molar-refractivity contribution is 0.0383. The molecule has 1 aromatic heterocycles. The fraction of sp³-hybridized carbons (Fsp3) is 0.364. The van der Waals surface area contributed by atoms with Gasteiger partial charge in [0.2, 0.25) is 0 Å². The van der Waals surface area contributed by atoms with E-state index in [1.165, 1.54) is 11.3 Å². The molecule has 0 bridgehead atoms. The molecule has 0 unspecified atom stereocenters. The third-order valence-electron chi connectivity index (χ3n) is 1.66. The van der Waals surface area contributed by atoms with Crippen molar-refractivity contribution in [1.29, 1.82) is 0 Å². The van der Waals surface area contributed by atoms with Crippen LogP contribution in [0, 0.1) is 0 Å². The van der Waals surface area contributed by atoms with E-state index in [0.717, 1.165) is 0 Å². The van der Waals surface area contributed by atoms with Gasteiger partial charge in [-0.2, -0.15) is 8.42 Å². The first kappa shape index (κ1) is 19.7. The second kappa shape index (κ2) is 9.59. The Bertz CT molecular complexity index is 672. The lowest BCUT2D eigenvalue weighted by atomic mass is 10.4. The summed E-state index contributed by atoms with van der Waals surface area (Å²) in [7, 11) is -2.71. The maximum atomic E-state index is 11.3. The van der Waals surface area contributed by atoms with Crippen molar-refractivity contribution < 1.29 is 32.3 Å². The first-order valence-corrected chi connectivity index (χ1v) is 7.80. The summed E-state index contributed by atoms with van der Waals surface area (Å²) in [6.07, 6.45) is 1.33. The molecule has 0 saturated heterocycles. The summed E-state index contributed by atoms with van der Waals surface area (Å²) in [6, 6.07) is 1.68. The number of rotatable bonds is 5. The van der Waals surface area contributed by atoms with Crippen LogP contribution < -0.4 is 4.74 Å². The lowest BCUT2D eigenvalue weighted by Gasteiger charge is -2.05. The highest BCUT2D eigenvalue weighted by molar-refractivity contribution is 7.89. The number of hydrogen-bond acceptors (Lipinski definition) is 8. The first-order valence-electron chi connectivity index (χ1n) is 5.52. The van der Waals surface area contributed by atoms with Crippen LogP contribution in [0.3, 0.4) is 0 Å². The smallest absolute Gasteiger partial charge is 0.383 e. The number of isocyanates is 2. The van der Waals surface area contributed by atoms with Crippen LogP contribution in [0.2, 0.25) is 0 Å². The molecule has 22 heavy (non-hydrogen) atoms. The van der Waals surface area contributed by atoms with Crippen molar-refractivity contribution in [1.82, 2.24) is 0 Å². The third-order valence-corrected chi connectivity index (χ3v) is 3.16. The Hall–Kier alpha value is -2.32. The van der Waals surface area contributed by atoms with Crippen LogP contribution in [0.25, 0.3) is 0 Å². The van der Waals surface area contributed by atoms with Gasteiger partial charge in [-0.1, -0.05) is 8.80 Å². The van der Waals surface area contributed by atoms with Gasteiger partial charge in [-0.15, -0.1) is 11.3 Å². The maximum Gasteiger partial charge on any atom is 0.383 e. The van der Waals surface area contributed by atoms with Crippen molar-refractivity contribution in [3.8, 4) is 5.75 Å². The van der Waals surface area contributed by atoms with E-state index < -0.39 is 10.2 Å². The molecule has 1 heterocycles. The maximum absolute atomic E-state index is 11.3. The molecule has 0 atom stereocenters. The predicted octanol–water partition coefficient (Wildman–Crippen LogP) is 1.22. The quantitative estimate of drug-likeness (QED) is 0.444. The van der Waals surface area contributed by atoms with Crippen molar-refractivity contribution in [2.45, 2.75) is 20.0 Å². The van der Waals surface area contributed by atoms with Crippen LogP contribution in [0.5, 0.6) is 5.75 Å². The Kier molecular flexibility index (Phi) is 8.58. The van der Waals surface area contributed by atoms with Gasteiger partial charge in [0.05, 0.1) is 13.2 Å². The van der Waals surface area contributed by atoms with Gasteiger partial charge >= 0.3 is 16.2 Å². The first-order chi connectivity index (χ1) is 10.3. The average molecular weight is 348 g/mol. The van der Waals surface area contributed by atoms with Crippen LogP contribution in [-0.4, -0.2) is 39.8 Å². The van der Waals surface area contributed by atoms with E-state index in [1.54, 1.807) is 18.6 Å². The van der Waals surface area contributed by atoms with Gasteiger partial charge in [0.25, 0.3) is 12.2 Å². The monoisotopic (exact) mass is 348 g/mol. The molecular weight excluding hydrogens is 336 g/mol. The van der Waals surface area contributed by atoms with E-state index in [2.05, 4.69) is 8.80 Å². The molecule has 0 aromatic carbocycles. The summed E-state index contributed by atoms with van der Waals surface area (Å²) >= 11 is 1.32. The zero-order valence-electron chi connectivity index (χ0n) is 11.8. The Balaban J connectivity index is 0.000000433. The number of hydrogen-bond donors (Lipinski definition) is 0. The van der Waals surface area contributed by atoms with Crippen LogP contribution >= 0.6 is 11.3 Å². The average Bonchev–Trinajstić information content (AvgIpc) is 2.87. The van der Waals surface area contributed by atoms with E-state index in [1.807, 2.05) is 13.8 Å². The molecule has 0 aliphatic heterocycles. The van der Waals surface area contributed by atoms with E-state index in [9.17, 15) is 22.8 Å². The van der Waals surface area contributed by atoms with Gasteiger partial charge < -0.3 is 9.47 Å². The number of nitrogens with zero attached hydrogens (tertiary/aromatic N) is 2. The van der Waals surface area contributed by atoms with Crippen molar-refractivity contribution in [3.05, 3.63) is 16.3 Å². The van der Waals surface area contributed by atoms with Crippen LogP contribution in [0.4, 0.5) is 0 Å². The summed E-state index contributed by atoms with van der Waals surface area (Å²) in [6.45, 7) is 3.64. The van der Waals surface area contributed by atoms with Crippen molar-refractivity contribution in [2.24, 2.45) is 8.80 Å². The molecule has 1 aromatic rings. The minimum absolute atomic E-state index is 0.0828. The number of methoxy groups -OCH3 is 1. The molecule has 120 valence electrons. The molecule has 1 rings (SSSR count). The van der Waals surface area contributed by atoms with Gasteiger partial charge in [0, 0.05) is 11.4 Å². The van der Waals surface area contributed by atoms with E-state index >= 15 is 0 Å². The Morgan fingerprint density at radius 2 is 1.82 bits per heavy atom. The molecule has 0 radical (unpaired) electrons. The Morgan fingerprint density at radius 3 is 2.18 bits per heavy atom. The molecule has 0 saturated carbocycles. The van der Waals surface area contributed by atoms with Crippen LogP contribution in [0.1, 0.15) is 23.5 Å². The highest BCUT2D eigenvalue weighted by atomic mass is 32.2. The number of carbonyl (C=O) groups is 1. The number of thiophene rings is 1. The van der Waals surface area contributed by atoms with Crippen LogP contribution in [0.15, 0.2) is 20.2 Å². The molecule has 0 N–H and O–H groups in total.